The molecule has 0 heterocycles. The zero-order valence-corrected chi connectivity index (χ0v) is 19.6. The third-order valence-corrected chi connectivity index (χ3v) is 5.32. The van der Waals surface area contributed by atoms with Crippen LogP contribution >= 0.6 is 0 Å². The third kappa shape index (κ3) is 9.67. The number of hydrogen-bond acceptors (Lipinski definition) is 5. The lowest BCUT2D eigenvalue weighted by Crippen LogP contribution is -2.11. The van der Waals surface area contributed by atoms with E-state index in [1.807, 2.05) is 6.92 Å². The van der Waals surface area contributed by atoms with Crippen LogP contribution in [0.5, 0.6) is 11.5 Å². The normalized spacial score (nSPS) is 11.2. The van der Waals surface area contributed by atoms with Crippen molar-refractivity contribution in [3.05, 3.63) is 89.5 Å². The molecule has 0 spiro atoms. The van der Waals surface area contributed by atoms with Gasteiger partial charge in [-0.25, -0.2) is 0 Å². The van der Waals surface area contributed by atoms with E-state index in [-0.39, 0.29) is 23.1 Å². The van der Waals surface area contributed by atoms with Gasteiger partial charge in [0.2, 0.25) is 0 Å². The Hall–Kier alpha value is -3.57. The van der Waals surface area contributed by atoms with Crippen LogP contribution in [0.15, 0.2) is 77.7 Å². The minimum absolute atomic E-state index is 0.0478. The van der Waals surface area contributed by atoms with E-state index in [1.54, 1.807) is 36.4 Å². The molecule has 7 nitrogen and oxygen atoms in total. The average molecular weight is 511 g/mol. The van der Waals surface area contributed by atoms with Crippen molar-refractivity contribution in [1.82, 2.24) is 0 Å². The number of amidine groups is 1. The summed E-state index contributed by atoms with van der Waals surface area (Å²) in [7, 11) is -4.02. The first-order valence-corrected chi connectivity index (χ1v) is 11.7. The van der Waals surface area contributed by atoms with E-state index in [1.165, 1.54) is 24.3 Å². The Balaban J connectivity index is 0.000000328. The van der Waals surface area contributed by atoms with Crippen LogP contribution in [0.4, 0.5) is 13.2 Å². The molecule has 0 aliphatic carbocycles. The van der Waals surface area contributed by atoms with E-state index in [0.29, 0.717) is 24.3 Å². The SMILES string of the molecule is Cc1ccc(S(=O)(=O)O)cc1.N=C(N)c1cccc(OCCCOc2cccc(C(F)(F)F)c2)c1. The highest BCUT2D eigenvalue weighted by Crippen LogP contribution is 2.31. The number of alkyl halides is 3. The van der Waals surface area contributed by atoms with Gasteiger partial charge in [0.15, 0.2) is 0 Å². The zero-order chi connectivity index (χ0) is 26.1. The minimum Gasteiger partial charge on any atom is -0.493 e. The molecule has 3 aromatic rings. The predicted octanol–water partition coefficient (Wildman–Crippen LogP) is 5.08. The second-order valence-electron chi connectivity index (χ2n) is 7.31. The first-order valence-electron chi connectivity index (χ1n) is 10.3. The number of hydrogen-bond donors (Lipinski definition) is 3. The molecule has 0 aliphatic rings. The summed E-state index contributed by atoms with van der Waals surface area (Å²) in [5, 5.41) is 7.35. The molecule has 3 rings (SSSR count). The van der Waals surface area contributed by atoms with Crippen molar-refractivity contribution in [2.45, 2.75) is 24.4 Å². The highest BCUT2D eigenvalue weighted by molar-refractivity contribution is 7.85. The van der Waals surface area contributed by atoms with Gasteiger partial charge in [0.1, 0.15) is 17.3 Å². The van der Waals surface area contributed by atoms with Crippen molar-refractivity contribution in [3.8, 4) is 11.5 Å². The number of halogens is 3. The second kappa shape index (κ2) is 12.2. The van der Waals surface area contributed by atoms with Crippen LogP contribution in [0.25, 0.3) is 0 Å². The van der Waals surface area contributed by atoms with Crippen LogP contribution in [0.1, 0.15) is 23.1 Å². The molecule has 0 unspecified atom stereocenters. The monoisotopic (exact) mass is 510 g/mol. The molecule has 0 saturated heterocycles. The molecule has 0 fully saturated rings. The molecule has 0 aromatic heterocycles. The van der Waals surface area contributed by atoms with Gasteiger partial charge in [-0.1, -0.05) is 35.9 Å². The Bertz CT molecular complexity index is 1230. The Morgan fingerprint density at radius 2 is 1.49 bits per heavy atom. The second-order valence-corrected chi connectivity index (χ2v) is 8.73. The van der Waals surface area contributed by atoms with Crippen LogP contribution in [0.3, 0.4) is 0 Å². The Morgan fingerprint density at radius 1 is 0.943 bits per heavy atom. The standard InChI is InChI=1S/C17H17F3N2O2.C7H8O3S/c18-17(19,20)13-5-2-7-15(11-13)24-9-3-8-23-14-6-1-4-12(10-14)16(21)22;1-6-2-4-7(5-3-6)11(8,9)10/h1-2,4-7,10-11H,3,8-9H2,(H3,21,22);2-5H,1H3,(H,8,9,10). The molecule has 11 heteroatoms. The fourth-order valence-electron chi connectivity index (χ4n) is 2.66. The smallest absolute Gasteiger partial charge is 0.416 e. The highest BCUT2D eigenvalue weighted by Gasteiger charge is 2.30. The summed E-state index contributed by atoms with van der Waals surface area (Å²) in [6, 6.07) is 17.6. The summed E-state index contributed by atoms with van der Waals surface area (Å²) in [6.07, 6.45) is -3.88. The summed E-state index contributed by atoms with van der Waals surface area (Å²) in [6.45, 7) is 2.40. The topological polar surface area (TPSA) is 123 Å². The molecule has 0 saturated carbocycles. The van der Waals surface area contributed by atoms with Crippen LogP contribution in [-0.4, -0.2) is 32.0 Å². The Kier molecular flexibility index (Phi) is 9.67. The number of nitrogen functional groups attached to an aromatic ring is 1. The Labute approximate surface area is 201 Å². The van der Waals surface area contributed by atoms with Gasteiger partial charge in [-0.15, -0.1) is 0 Å². The van der Waals surface area contributed by atoms with E-state index < -0.39 is 21.9 Å². The van der Waals surface area contributed by atoms with E-state index in [4.69, 9.17) is 25.2 Å². The molecule has 35 heavy (non-hydrogen) atoms. The number of ether oxygens (including phenoxy) is 2. The molecule has 0 aliphatic heterocycles. The lowest BCUT2D eigenvalue weighted by Gasteiger charge is -2.11. The van der Waals surface area contributed by atoms with Crippen LogP contribution in [0.2, 0.25) is 0 Å². The van der Waals surface area contributed by atoms with E-state index >= 15 is 0 Å². The summed E-state index contributed by atoms with van der Waals surface area (Å²) in [5.74, 6) is 0.693. The van der Waals surface area contributed by atoms with E-state index in [9.17, 15) is 21.6 Å². The van der Waals surface area contributed by atoms with Gasteiger partial charge in [-0.3, -0.25) is 9.96 Å². The van der Waals surface area contributed by atoms with Crippen molar-refractivity contribution in [2.75, 3.05) is 13.2 Å². The van der Waals surface area contributed by atoms with E-state index in [0.717, 1.165) is 17.7 Å². The number of nitrogens with one attached hydrogen (secondary N) is 1. The van der Waals surface area contributed by atoms with Crippen LogP contribution in [-0.2, 0) is 16.3 Å². The van der Waals surface area contributed by atoms with Crippen LogP contribution < -0.4 is 15.2 Å². The molecule has 0 atom stereocenters. The molecular weight excluding hydrogens is 485 g/mol. The van der Waals surface area contributed by atoms with Gasteiger partial charge in [0.05, 0.1) is 23.7 Å². The van der Waals surface area contributed by atoms with E-state index in [2.05, 4.69) is 0 Å². The van der Waals surface area contributed by atoms with Crippen molar-refractivity contribution < 1.29 is 35.6 Å². The van der Waals surface area contributed by atoms with Gasteiger partial charge in [0.25, 0.3) is 10.1 Å². The Morgan fingerprint density at radius 3 is 2.00 bits per heavy atom. The summed E-state index contributed by atoms with van der Waals surface area (Å²) < 4.78 is 78.1. The number of benzene rings is 3. The first kappa shape index (κ1) is 27.7. The lowest BCUT2D eigenvalue weighted by atomic mass is 10.2. The van der Waals surface area contributed by atoms with Gasteiger partial charge >= 0.3 is 6.18 Å². The van der Waals surface area contributed by atoms with Gasteiger partial charge in [-0.2, -0.15) is 21.6 Å². The summed E-state index contributed by atoms with van der Waals surface area (Å²) >= 11 is 0. The molecule has 3 aromatic carbocycles. The number of aryl methyl sites for hydroxylation is 1. The molecule has 0 bridgehead atoms. The average Bonchev–Trinajstić information content (AvgIpc) is 2.79. The first-order chi connectivity index (χ1) is 16.4. The lowest BCUT2D eigenvalue weighted by molar-refractivity contribution is -0.137. The van der Waals surface area contributed by atoms with Crippen molar-refractivity contribution >= 4 is 16.0 Å². The molecule has 188 valence electrons. The summed E-state index contributed by atoms with van der Waals surface area (Å²) in [4.78, 5) is -0.0666. The molecule has 4 N–H and O–H groups in total. The van der Waals surface area contributed by atoms with Gasteiger partial charge in [-0.05, 0) is 49.4 Å². The highest BCUT2D eigenvalue weighted by atomic mass is 32.2. The fraction of sp³-hybridized carbons (Fsp3) is 0.208. The maximum atomic E-state index is 12.6. The fourth-order valence-corrected chi connectivity index (χ4v) is 3.14. The van der Waals surface area contributed by atoms with Crippen molar-refractivity contribution in [2.24, 2.45) is 5.73 Å². The number of rotatable bonds is 8. The number of nitrogens with two attached hydrogens (primary N) is 1. The van der Waals surface area contributed by atoms with Crippen LogP contribution in [0, 0.1) is 12.3 Å². The third-order valence-electron chi connectivity index (χ3n) is 4.45. The molecular formula is C24H25F3N2O5S. The van der Waals surface area contributed by atoms with Crippen molar-refractivity contribution in [3.63, 3.8) is 0 Å². The largest absolute Gasteiger partial charge is 0.493 e. The molecule has 0 amide bonds. The quantitative estimate of drug-likeness (QED) is 0.168. The predicted molar refractivity (Wildman–Crippen MR) is 126 cm³/mol. The zero-order valence-electron chi connectivity index (χ0n) is 18.7. The maximum Gasteiger partial charge on any atom is 0.416 e. The van der Waals surface area contributed by atoms with Gasteiger partial charge in [0, 0.05) is 12.0 Å². The minimum atomic E-state index is -4.38. The molecule has 0 radical (unpaired) electrons. The summed E-state index contributed by atoms with van der Waals surface area (Å²) in [5.41, 5.74) is 6.17. The maximum absolute atomic E-state index is 12.6. The van der Waals surface area contributed by atoms with Crippen molar-refractivity contribution in [1.29, 1.82) is 5.41 Å². The van der Waals surface area contributed by atoms with Gasteiger partial charge < -0.3 is 15.2 Å².